The Hall–Kier alpha value is -1.39. The van der Waals surface area contributed by atoms with Crippen LogP contribution in [0.1, 0.15) is 39.3 Å². The second-order valence-corrected chi connectivity index (χ2v) is 5.51. The lowest BCUT2D eigenvalue weighted by atomic mass is 10.1. The van der Waals surface area contributed by atoms with Gasteiger partial charge in [0.15, 0.2) is 0 Å². The molecule has 116 valence electrons. The third-order valence-electron chi connectivity index (χ3n) is 4.26. The summed E-state index contributed by atoms with van der Waals surface area (Å²) < 4.78 is 2.10. The minimum absolute atomic E-state index is 0.582. The smallest absolute Gasteiger partial charge is 0.0843 e. The number of para-hydroxylation sites is 1. The van der Waals surface area contributed by atoms with E-state index in [1.54, 1.807) is 0 Å². The molecular formula is C17H28N4. The van der Waals surface area contributed by atoms with Gasteiger partial charge in [0.2, 0.25) is 0 Å². The number of hydrogen-bond donors (Lipinski definition) is 1. The van der Waals surface area contributed by atoms with Crippen molar-refractivity contribution in [2.45, 2.75) is 52.7 Å². The van der Waals surface area contributed by atoms with Crippen LogP contribution in [0.25, 0.3) is 10.9 Å². The van der Waals surface area contributed by atoms with Crippen LogP contribution in [-0.4, -0.2) is 33.8 Å². The van der Waals surface area contributed by atoms with Gasteiger partial charge in [0.05, 0.1) is 11.2 Å². The maximum Gasteiger partial charge on any atom is 0.0843 e. The van der Waals surface area contributed by atoms with Gasteiger partial charge in [0.1, 0.15) is 0 Å². The fraction of sp³-hybridized carbons (Fsp3) is 0.588. The number of nitrogens with two attached hydrogens (primary N) is 1. The summed E-state index contributed by atoms with van der Waals surface area (Å²) in [7, 11) is 0. The number of benzene rings is 1. The maximum absolute atomic E-state index is 5.81. The second-order valence-electron chi connectivity index (χ2n) is 5.51. The van der Waals surface area contributed by atoms with Crippen molar-refractivity contribution in [2.75, 3.05) is 13.1 Å². The average molecular weight is 288 g/mol. The summed E-state index contributed by atoms with van der Waals surface area (Å²) in [5, 5.41) is 6.09. The largest absolute Gasteiger partial charge is 0.329 e. The molecule has 0 radical (unpaired) electrons. The molecule has 0 aliphatic carbocycles. The van der Waals surface area contributed by atoms with Crippen LogP contribution in [0.4, 0.5) is 0 Å². The van der Waals surface area contributed by atoms with Gasteiger partial charge in [-0.1, -0.05) is 32.0 Å². The zero-order valence-corrected chi connectivity index (χ0v) is 13.5. The predicted molar refractivity (Wildman–Crippen MR) is 89.2 cm³/mol. The van der Waals surface area contributed by atoms with E-state index in [1.165, 1.54) is 16.6 Å². The van der Waals surface area contributed by atoms with Gasteiger partial charge < -0.3 is 5.73 Å². The highest BCUT2D eigenvalue weighted by atomic mass is 15.3. The molecule has 1 heterocycles. The summed E-state index contributed by atoms with van der Waals surface area (Å²) >= 11 is 0. The van der Waals surface area contributed by atoms with E-state index in [0.29, 0.717) is 12.6 Å². The Kier molecular flexibility index (Phi) is 5.76. The van der Waals surface area contributed by atoms with E-state index in [4.69, 9.17) is 10.8 Å². The zero-order chi connectivity index (χ0) is 15.2. The molecule has 0 aliphatic rings. The average Bonchev–Trinajstić information content (AvgIpc) is 2.87. The molecule has 0 aliphatic heterocycles. The van der Waals surface area contributed by atoms with Crippen molar-refractivity contribution < 1.29 is 0 Å². The lowest BCUT2D eigenvalue weighted by Gasteiger charge is -2.29. The topological polar surface area (TPSA) is 47.1 Å². The minimum Gasteiger partial charge on any atom is -0.329 e. The number of rotatable bonds is 8. The van der Waals surface area contributed by atoms with Crippen LogP contribution in [0.15, 0.2) is 24.3 Å². The first-order chi connectivity index (χ1) is 10.2. The number of nitrogens with zero attached hydrogens (tertiary/aromatic N) is 3. The lowest BCUT2D eigenvalue weighted by Crippen LogP contribution is -2.37. The first kappa shape index (κ1) is 16.0. The van der Waals surface area contributed by atoms with Gasteiger partial charge in [-0.3, -0.25) is 9.58 Å². The Morgan fingerprint density at radius 2 is 1.90 bits per heavy atom. The highest BCUT2D eigenvalue weighted by Gasteiger charge is 2.18. The van der Waals surface area contributed by atoms with E-state index in [1.807, 2.05) is 0 Å². The van der Waals surface area contributed by atoms with Crippen molar-refractivity contribution in [3.63, 3.8) is 0 Å². The van der Waals surface area contributed by atoms with E-state index in [2.05, 4.69) is 54.6 Å². The fourth-order valence-electron chi connectivity index (χ4n) is 3.11. The fourth-order valence-corrected chi connectivity index (χ4v) is 3.11. The van der Waals surface area contributed by atoms with Crippen molar-refractivity contribution in [3.05, 3.63) is 30.0 Å². The van der Waals surface area contributed by atoms with Gasteiger partial charge in [0.25, 0.3) is 0 Å². The predicted octanol–water partition coefficient (Wildman–Crippen LogP) is 3.01. The molecule has 4 nitrogen and oxygen atoms in total. The first-order valence-corrected chi connectivity index (χ1v) is 8.13. The summed E-state index contributed by atoms with van der Waals surface area (Å²) in [5.74, 6) is 0. The molecule has 0 spiro atoms. The molecule has 0 saturated carbocycles. The standard InChI is InChI=1S/C17H28N4/c1-4-14(5-2)20(12-11-18)13-16-15-9-7-8-10-17(15)21(6-3)19-16/h7-10,14H,4-6,11-13,18H2,1-3H3. The van der Waals surface area contributed by atoms with Crippen LogP contribution in [0.5, 0.6) is 0 Å². The van der Waals surface area contributed by atoms with Crippen LogP contribution in [-0.2, 0) is 13.1 Å². The van der Waals surface area contributed by atoms with Gasteiger partial charge in [-0.15, -0.1) is 0 Å². The van der Waals surface area contributed by atoms with Crippen LogP contribution in [0.3, 0.4) is 0 Å². The second kappa shape index (κ2) is 7.57. The van der Waals surface area contributed by atoms with Crippen molar-refractivity contribution in [1.29, 1.82) is 0 Å². The first-order valence-electron chi connectivity index (χ1n) is 8.13. The van der Waals surface area contributed by atoms with E-state index in [0.717, 1.165) is 32.5 Å². The number of aryl methyl sites for hydroxylation is 1. The molecule has 0 fully saturated rings. The summed E-state index contributed by atoms with van der Waals surface area (Å²) in [6.45, 7) is 10.1. The van der Waals surface area contributed by atoms with Crippen molar-refractivity contribution >= 4 is 10.9 Å². The molecule has 21 heavy (non-hydrogen) atoms. The summed E-state index contributed by atoms with van der Waals surface area (Å²) in [6, 6.07) is 9.09. The summed E-state index contributed by atoms with van der Waals surface area (Å²) in [4.78, 5) is 2.48. The molecular weight excluding hydrogens is 260 g/mol. The molecule has 0 saturated heterocycles. The monoisotopic (exact) mass is 288 g/mol. The molecule has 0 unspecified atom stereocenters. The highest BCUT2D eigenvalue weighted by Crippen LogP contribution is 2.21. The van der Waals surface area contributed by atoms with Crippen LogP contribution in [0.2, 0.25) is 0 Å². The molecule has 0 atom stereocenters. The van der Waals surface area contributed by atoms with E-state index < -0.39 is 0 Å². The Bertz CT molecular complexity index is 557. The van der Waals surface area contributed by atoms with Crippen molar-refractivity contribution in [1.82, 2.24) is 14.7 Å². The Labute approximate surface area is 127 Å². The van der Waals surface area contributed by atoms with Crippen molar-refractivity contribution in [2.24, 2.45) is 5.73 Å². The molecule has 2 rings (SSSR count). The van der Waals surface area contributed by atoms with Crippen LogP contribution >= 0.6 is 0 Å². The third-order valence-corrected chi connectivity index (χ3v) is 4.26. The highest BCUT2D eigenvalue weighted by molar-refractivity contribution is 5.81. The summed E-state index contributed by atoms with van der Waals surface area (Å²) in [5.41, 5.74) is 8.21. The molecule has 0 amide bonds. The molecule has 1 aromatic heterocycles. The number of hydrogen-bond acceptors (Lipinski definition) is 3. The number of fused-ring (bicyclic) bond motifs is 1. The molecule has 4 heteroatoms. The maximum atomic E-state index is 5.81. The third kappa shape index (κ3) is 3.44. The zero-order valence-electron chi connectivity index (χ0n) is 13.5. The van der Waals surface area contributed by atoms with Gasteiger partial charge in [0, 0.05) is 37.6 Å². The van der Waals surface area contributed by atoms with Crippen LogP contribution < -0.4 is 5.73 Å². The van der Waals surface area contributed by atoms with Gasteiger partial charge in [-0.25, -0.2) is 0 Å². The normalized spacial score (nSPS) is 11.9. The quantitative estimate of drug-likeness (QED) is 0.812. The van der Waals surface area contributed by atoms with Gasteiger partial charge in [-0.05, 0) is 25.8 Å². The summed E-state index contributed by atoms with van der Waals surface area (Å²) in [6.07, 6.45) is 2.31. The van der Waals surface area contributed by atoms with E-state index >= 15 is 0 Å². The SMILES string of the molecule is CCC(CC)N(CCN)Cc1nn(CC)c2ccccc12. The molecule has 0 bridgehead atoms. The van der Waals surface area contributed by atoms with E-state index in [9.17, 15) is 0 Å². The molecule has 1 aromatic carbocycles. The van der Waals surface area contributed by atoms with Crippen molar-refractivity contribution in [3.8, 4) is 0 Å². The number of aromatic nitrogens is 2. The Balaban J connectivity index is 2.32. The molecule has 2 N–H and O–H groups in total. The lowest BCUT2D eigenvalue weighted by molar-refractivity contribution is 0.180. The van der Waals surface area contributed by atoms with Gasteiger partial charge in [-0.2, -0.15) is 5.10 Å². The van der Waals surface area contributed by atoms with Crippen LogP contribution in [0, 0.1) is 0 Å². The minimum atomic E-state index is 0.582. The molecule has 2 aromatic rings. The Morgan fingerprint density at radius 1 is 1.19 bits per heavy atom. The Morgan fingerprint density at radius 3 is 2.52 bits per heavy atom. The van der Waals surface area contributed by atoms with Gasteiger partial charge >= 0.3 is 0 Å². The van der Waals surface area contributed by atoms with E-state index in [-0.39, 0.29) is 0 Å².